The van der Waals surface area contributed by atoms with Crippen LogP contribution in [0.2, 0.25) is 0 Å². The number of hydrogen-bond acceptors (Lipinski definition) is 4. The van der Waals surface area contributed by atoms with E-state index in [4.69, 9.17) is 27.6 Å². The van der Waals surface area contributed by atoms with Gasteiger partial charge in [-0.2, -0.15) is 13.2 Å². The topological polar surface area (TPSA) is 88.0 Å². The molecule has 0 spiro atoms. The molecule has 1 amide bonds. The average molecular weight is 406 g/mol. The molecule has 0 fully saturated rings. The summed E-state index contributed by atoms with van der Waals surface area (Å²) in [6, 6.07) is 2.82. The van der Waals surface area contributed by atoms with Crippen molar-refractivity contribution in [3.05, 3.63) is 57.7 Å². The van der Waals surface area contributed by atoms with Crippen LogP contribution in [0.15, 0.2) is 39.9 Å². The maximum Gasteiger partial charge on any atom is 0.418 e. The number of aromatic nitrogens is 2. The van der Waals surface area contributed by atoms with Crippen molar-refractivity contribution in [2.45, 2.75) is 11.0 Å². The summed E-state index contributed by atoms with van der Waals surface area (Å²) in [7, 11) is 0. The van der Waals surface area contributed by atoms with Crippen molar-refractivity contribution in [3.63, 3.8) is 0 Å². The smallest absolute Gasteiger partial charge is 0.418 e. The second-order valence-corrected chi connectivity index (χ2v) is 6.16. The molecule has 3 aromatic rings. The third-order valence-electron chi connectivity index (χ3n) is 3.47. The Labute approximate surface area is 152 Å². The van der Waals surface area contributed by atoms with Crippen molar-refractivity contribution in [1.82, 2.24) is 9.97 Å². The highest BCUT2D eigenvalue weighted by molar-refractivity contribution is 6.44. The van der Waals surface area contributed by atoms with E-state index < -0.39 is 39.0 Å². The largest absolute Gasteiger partial charge is 0.432 e. The van der Waals surface area contributed by atoms with Gasteiger partial charge in [-0.05, 0) is 12.1 Å². The highest BCUT2D eigenvalue weighted by Gasteiger charge is 2.34. The molecule has 26 heavy (non-hydrogen) atoms. The summed E-state index contributed by atoms with van der Waals surface area (Å²) in [5.41, 5.74) is -3.47. The van der Waals surface area contributed by atoms with Crippen molar-refractivity contribution < 1.29 is 22.4 Å². The number of amides is 1. The molecule has 0 aliphatic rings. The van der Waals surface area contributed by atoms with Gasteiger partial charge >= 0.3 is 12.2 Å². The Morgan fingerprint density at radius 1 is 1.31 bits per heavy atom. The van der Waals surface area contributed by atoms with Crippen LogP contribution in [-0.4, -0.2) is 15.9 Å². The van der Waals surface area contributed by atoms with Crippen molar-refractivity contribution in [3.8, 4) is 0 Å². The number of nitrogens with zero attached hydrogens (tertiary/aromatic N) is 1. The van der Waals surface area contributed by atoms with Crippen molar-refractivity contribution >= 4 is 46.0 Å². The van der Waals surface area contributed by atoms with Crippen LogP contribution in [0.4, 0.5) is 19.2 Å². The number of rotatable bonds is 3. The lowest BCUT2D eigenvalue weighted by atomic mass is 10.0. The van der Waals surface area contributed by atoms with Crippen molar-refractivity contribution in [1.29, 1.82) is 0 Å². The van der Waals surface area contributed by atoms with E-state index in [2.05, 4.69) is 15.3 Å². The van der Waals surface area contributed by atoms with E-state index in [1.807, 2.05) is 0 Å². The van der Waals surface area contributed by atoms with Gasteiger partial charge in [-0.15, -0.1) is 0 Å². The molecule has 136 valence electrons. The van der Waals surface area contributed by atoms with Gasteiger partial charge in [0.15, 0.2) is 0 Å². The number of anilines is 1. The summed E-state index contributed by atoms with van der Waals surface area (Å²) in [5.74, 6) is -0.977. The summed E-state index contributed by atoms with van der Waals surface area (Å²) in [6.07, 6.45) is -2.29. The number of aromatic amines is 1. The SMILES string of the molecule is O=C(Nc1ncco1)c1c(C(Cl)Cl)[nH]c2c(C(F)(F)F)cccc2c1=O. The van der Waals surface area contributed by atoms with Crippen LogP contribution >= 0.6 is 23.2 Å². The molecule has 0 unspecified atom stereocenters. The summed E-state index contributed by atoms with van der Waals surface area (Å²) < 4.78 is 44.5. The number of fused-ring (bicyclic) bond motifs is 1. The molecule has 0 aliphatic carbocycles. The molecule has 2 N–H and O–H groups in total. The minimum absolute atomic E-state index is 0.204. The van der Waals surface area contributed by atoms with Gasteiger partial charge in [0, 0.05) is 5.39 Å². The number of hydrogen-bond donors (Lipinski definition) is 2. The van der Waals surface area contributed by atoms with Gasteiger partial charge in [0.05, 0.1) is 23.0 Å². The number of para-hydroxylation sites is 1. The van der Waals surface area contributed by atoms with Gasteiger partial charge in [-0.25, -0.2) is 4.98 Å². The molecular formula is C15H8Cl2F3N3O3. The first kappa shape index (κ1) is 18.3. The zero-order chi connectivity index (χ0) is 19.1. The number of pyridine rings is 1. The Kier molecular flexibility index (Phi) is 4.68. The zero-order valence-electron chi connectivity index (χ0n) is 12.5. The summed E-state index contributed by atoms with van der Waals surface area (Å²) in [4.78, 5) is 29.7. The summed E-state index contributed by atoms with van der Waals surface area (Å²) in [5, 5.41) is 1.87. The first-order valence-electron chi connectivity index (χ1n) is 6.95. The molecule has 2 heterocycles. The van der Waals surface area contributed by atoms with Crippen molar-refractivity contribution in [2.24, 2.45) is 0 Å². The van der Waals surface area contributed by atoms with Gasteiger partial charge in [-0.3, -0.25) is 14.9 Å². The number of carbonyl (C=O) groups excluding carboxylic acids is 1. The standard InChI is InChI=1S/C15H8Cl2F3N3O3/c16-12(17)10-8(13(25)23-14-21-4-5-26-14)11(24)6-2-1-3-7(9(6)22-10)15(18,19)20/h1-5,12H,(H,22,24)(H,21,23,25). The fourth-order valence-corrected chi connectivity index (χ4v) is 2.73. The maximum absolute atomic E-state index is 13.2. The van der Waals surface area contributed by atoms with E-state index in [1.54, 1.807) is 0 Å². The lowest BCUT2D eigenvalue weighted by Gasteiger charge is -2.15. The van der Waals surface area contributed by atoms with Gasteiger partial charge < -0.3 is 9.40 Å². The van der Waals surface area contributed by atoms with Crippen LogP contribution in [0.25, 0.3) is 10.9 Å². The lowest BCUT2D eigenvalue weighted by molar-refractivity contribution is -0.136. The Balaban J connectivity index is 2.26. The van der Waals surface area contributed by atoms with Crippen LogP contribution in [0.3, 0.4) is 0 Å². The lowest BCUT2D eigenvalue weighted by Crippen LogP contribution is -2.26. The molecular weight excluding hydrogens is 398 g/mol. The Hall–Kier alpha value is -2.52. The third kappa shape index (κ3) is 3.27. The van der Waals surface area contributed by atoms with Crippen LogP contribution in [0, 0.1) is 0 Å². The minimum Gasteiger partial charge on any atom is -0.432 e. The minimum atomic E-state index is -4.73. The Morgan fingerprint density at radius 2 is 2.04 bits per heavy atom. The second kappa shape index (κ2) is 6.65. The molecule has 0 saturated heterocycles. The third-order valence-corrected chi connectivity index (χ3v) is 3.91. The Bertz CT molecular complexity index is 1030. The second-order valence-electron chi connectivity index (χ2n) is 5.06. The molecule has 6 nitrogen and oxygen atoms in total. The predicted octanol–water partition coefficient (Wildman–Crippen LogP) is 4.26. The summed E-state index contributed by atoms with van der Waals surface area (Å²) >= 11 is 11.5. The predicted molar refractivity (Wildman–Crippen MR) is 88.5 cm³/mol. The number of oxazole rings is 1. The highest BCUT2D eigenvalue weighted by Crippen LogP contribution is 2.35. The van der Waals surface area contributed by atoms with Gasteiger partial charge in [-0.1, -0.05) is 29.3 Å². The normalized spacial score (nSPS) is 11.9. The number of alkyl halides is 5. The molecule has 0 aliphatic heterocycles. The number of nitrogens with one attached hydrogen (secondary N) is 2. The van der Waals surface area contributed by atoms with E-state index in [-0.39, 0.29) is 17.1 Å². The van der Waals surface area contributed by atoms with E-state index in [9.17, 15) is 22.8 Å². The van der Waals surface area contributed by atoms with Crippen LogP contribution in [-0.2, 0) is 6.18 Å². The fourth-order valence-electron chi connectivity index (χ4n) is 2.40. The quantitative estimate of drug-likeness (QED) is 0.637. The molecule has 0 saturated carbocycles. The number of carbonyl (C=O) groups is 1. The monoisotopic (exact) mass is 405 g/mol. The molecule has 0 radical (unpaired) electrons. The number of H-pyrrole nitrogens is 1. The maximum atomic E-state index is 13.2. The molecule has 1 aromatic carbocycles. The van der Waals surface area contributed by atoms with E-state index in [1.165, 1.54) is 12.5 Å². The van der Waals surface area contributed by atoms with E-state index >= 15 is 0 Å². The highest BCUT2D eigenvalue weighted by atomic mass is 35.5. The van der Waals surface area contributed by atoms with Gasteiger partial charge in [0.2, 0.25) is 5.43 Å². The number of halogens is 5. The van der Waals surface area contributed by atoms with Gasteiger partial charge in [0.25, 0.3) is 5.91 Å². The van der Waals surface area contributed by atoms with Crippen LogP contribution in [0.5, 0.6) is 0 Å². The molecule has 3 rings (SSSR count). The van der Waals surface area contributed by atoms with E-state index in [0.29, 0.717) is 0 Å². The Morgan fingerprint density at radius 3 is 2.62 bits per heavy atom. The average Bonchev–Trinajstić information content (AvgIpc) is 3.05. The van der Waals surface area contributed by atoms with Crippen molar-refractivity contribution in [2.75, 3.05) is 5.32 Å². The molecule has 0 atom stereocenters. The summed E-state index contributed by atoms with van der Waals surface area (Å²) in [6.45, 7) is 0. The first-order chi connectivity index (χ1) is 12.2. The molecule has 2 aromatic heterocycles. The molecule has 0 bridgehead atoms. The zero-order valence-corrected chi connectivity index (χ0v) is 14.0. The van der Waals surface area contributed by atoms with Crippen LogP contribution in [0.1, 0.15) is 26.5 Å². The van der Waals surface area contributed by atoms with E-state index in [0.717, 1.165) is 18.2 Å². The number of benzene rings is 1. The fraction of sp³-hybridized carbons (Fsp3) is 0.133. The first-order valence-corrected chi connectivity index (χ1v) is 7.82. The van der Waals surface area contributed by atoms with Crippen LogP contribution < -0.4 is 10.7 Å². The molecule has 11 heteroatoms. The van der Waals surface area contributed by atoms with Gasteiger partial charge in [0.1, 0.15) is 16.7 Å².